The number of nitro groups is 1. The van der Waals surface area contributed by atoms with Crippen LogP contribution in [0.25, 0.3) is 10.9 Å². The fourth-order valence-electron chi connectivity index (χ4n) is 2.62. The van der Waals surface area contributed by atoms with Crippen molar-refractivity contribution in [2.45, 2.75) is 6.54 Å². The first kappa shape index (κ1) is 18.8. The molecule has 0 atom stereocenters. The Morgan fingerprint density at radius 3 is 2.68 bits per heavy atom. The number of carbonyl (C=O) groups excluding carboxylic acids is 1. The Labute approximate surface area is 158 Å². The van der Waals surface area contributed by atoms with E-state index >= 15 is 0 Å². The van der Waals surface area contributed by atoms with Gasteiger partial charge in [-0.3, -0.25) is 24.3 Å². The molecule has 0 saturated heterocycles. The predicted octanol–water partition coefficient (Wildman–Crippen LogP) is 1.96. The number of hydrogen-bond donors (Lipinski definition) is 1. The van der Waals surface area contributed by atoms with Crippen molar-refractivity contribution >= 4 is 28.2 Å². The summed E-state index contributed by atoms with van der Waals surface area (Å²) in [4.78, 5) is 39.4. The molecule has 0 aliphatic rings. The van der Waals surface area contributed by atoms with Crippen LogP contribution in [-0.4, -0.2) is 34.6 Å². The summed E-state index contributed by atoms with van der Waals surface area (Å²) >= 11 is 0. The SMILES string of the molecule is COc1ccc(NC(=O)Cn2cnc3ccc([N+](=O)[O-])cc3c2=O)c(OC)c1. The lowest BCUT2D eigenvalue weighted by Gasteiger charge is -2.12. The lowest BCUT2D eigenvalue weighted by Crippen LogP contribution is -2.28. The number of amides is 1. The van der Waals surface area contributed by atoms with E-state index in [-0.39, 0.29) is 17.6 Å². The van der Waals surface area contributed by atoms with Gasteiger partial charge in [-0.05, 0) is 18.2 Å². The van der Waals surface area contributed by atoms with E-state index in [1.807, 2.05) is 0 Å². The fraction of sp³-hybridized carbons (Fsp3) is 0.167. The van der Waals surface area contributed by atoms with Gasteiger partial charge in [0.25, 0.3) is 11.2 Å². The average Bonchev–Trinajstić information content (AvgIpc) is 2.70. The minimum atomic E-state index is -0.598. The maximum absolute atomic E-state index is 12.6. The van der Waals surface area contributed by atoms with Crippen LogP contribution in [0.4, 0.5) is 11.4 Å². The number of nitrogens with one attached hydrogen (secondary N) is 1. The zero-order valence-electron chi connectivity index (χ0n) is 15.0. The summed E-state index contributed by atoms with van der Waals surface area (Å²) in [6.45, 7) is -0.320. The second-order valence-electron chi connectivity index (χ2n) is 5.75. The first-order valence-corrected chi connectivity index (χ1v) is 8.08. The van der Waals surface area contributed by atoms with Crippen LogP contribution in [0.3, 0.4) is 0 Å². The van der Waals surface area contributed by atoms with Crippen molar-refractivity contribution in [3.8, 4) is 11.5 Å². The van der Waals surface area contributed by atoms with Gasteiger partial charge >= 0.3 is 0 Å². The zero-order valence-corrected chi connectivity index (χ0v) is 15.0. The van der Waals surface area contributed by atoms with E-state index in [2.05, 4.69) is 10.3 Å². The predicted molar refractivity (Wildman–Crippen MR) is 101 cm³/mol. The molecule has 0 aliphatic heterocycles. The van der Waals surface area contributed by atoms with Gasteiger partial charge in [-0.2, -0.15) is 0 Å². The molecule has 0 bridgehead atoms. The number of ether oxygens (including phenoxy) is 2. The lowest BCUT2D eigenvalue weighted by atomic mass is 10.2. The Bertz CT molecular complexity index is 1120. The van der Waals surface area contributed by atoms with Crippen LogP contribution in [0.15, 0.2) is 47.5 Å². The monoisotopic (exact) mass is 384 g/mol. The molecular weight excluding hydrogens is 368 g/mol. The Morgan fingerprint density at radius 2 is 2.00 bits per heavy atom. The molecule has 10 heteroatoms. The molecule has 1 aromatic heterocycles. The quantitative estimate of drug-likeness (QED) is 0.508. The molecule has 0 spiro atoms. The van der Waals surface area contributed by atoms with Crippen molar-refractivity contribution in [2.75, 3.05) is 19.5 Å². The Hall–Kier alpha value is -3.95. The van der Waals surface area contributed by atoms with Gasteiger partial charge in [0.05, 0.1) is 42.1 Å². The van der Waals surface area contributed by atoms with E-state index in [0.717, 1.165) is 10.6 Å². The average molecular weight is 384 g/mol. The first-order chi connectivity index (χ1) is 13.4. The molecule has 3 rings (SSSR count). The summed E-state index contributed by atoms with van der Waals surface area (Å²) < 4.78 is 11.4. The van der Waals surface area contributed by atoms with Crippen molar-refractivity contribution in [1.82, 2.24) is 9.55 Å². The minimum Gasteiger partial charge on any atom is -0.497 e. The summed E-state index contributed by atoms with van der Waals surface area (Å²) in [5.74, 6) is 0.468. The van der Waals surface area contributed by atoms with E-state index in [1.165, 1.54) is 32.7 Å². The molecular formula is C18H16N4O6. The van der Waals surface area contributed by atoms with Crippen molar-refractivity contribution in [1.29, 1.82) is 0 Å². The van der Waals surface area contributed by atoms with E-state index in [4.69, 9.17) is 9.47 Å². The van der Waals surface area contributed by atoms with Crippen LogP contribution in [0.5, 0.6) is 11.5 Å². The molecule has 1 heterocycles. The third-order valence-corrected chi connectivity index (χ3v) is 4.02. The van der Waals surface area contributed by atoms with Gasteiger partial charge in [0.2, 0.25) is 5.91 Å². The van der Waals surface area contributed by atoms with Gasteiger partial charge in [0.15, 0.2) is 0 Å². The highest BCUT2D eigenvalue weighted by atomic mass is 16.6. The summed E-state index contributed by atoms with van der Waals surface area (Å²) in [6, 6.07) is 8.68. The second kappa shape index (κ2) is 7.74. The summed E-state index contributed by atoms with van der Waals surface area (Å²) in [6.07, 6.45) is 1.22. The van der Waals surface area contributed by atoms with Crippen molar-refractivity contribution in [3.05, 3.63) is 63.2 Å². The van der Waals surface area contributed by atoms with Crippen molar-refractivity contribution < 1.29 is 19.2 Å². The second-order valence-corrected chi connectivity index (χ2v) is 5.75. The molecule has 0 saturated carbocycles. The van der Waals surface area contributed by atoms with Gasteiger partial charge in [0.1, 0.15) is 18.0 Å². The summed E-state index contributed by atoms with van der Waals surface area (Å²) in [5.41, 5.74) is -0.0584. The number of fused-ring (bicyclic) bond motifs is 1. The molecule has 0 aliphatic carbocycles. The van der Waals surface area contributed by atoms with E-state index < -0.39 is 16.4 Å². The van der Waals surface area contributed by atoms with Gasteiger partial charge < -0.3 is 14.8 Å². The van der Waals surface area contributed by atoms with Gasteiger partial charge in [-0.25, -0.2) is 4.98 Å². The topological polar surface area (TPSA) is 126 Å². The molecule has 0 fully saturated rings. The number of hydrogen-bond acceptors (Lipinski definition) is 7. The smallest absolute Gasteiger partial charge is 0.270 e. The van der Waals surface area contributed by atoms with Crippen LogP contribution < -0.4 is 20.3 Å². The number of carbonyl (C=O) groups is 1. The molecule has 0 unspecified atom stereocenters. The van der Waals surface area contributed by atoms with Crippen molar-refractivity contribution in [2.24, 2.45) is 0 Å². The molecule has 28 heavy (non-hydrogen) atoms. The maximum Gasteiger partial charge on any atom is 0.270 e. The van der Waals surface area contributed by atoms with E-state index in [9.17, 15) is 19.7 Å². The normalized spacial score (nSPS) is 10.5. The number of methoxy groups -OCH3 is 2. The third kappa shape index (κ3) is 3.75. The number of nitrogens with zero attached hydrogens (tertiary/aromatic N) is 3. The van der Waals surface area contributed by atoms with Gasteiger partial charge in [0, 0.05) is 18.2 Å². The lowest BCUT2D eigenvalue weighted by molar-refractivity contribution is -0.384. The van der Waals surface area contributed by atoms with Crippen LogP contribution in [0.2, 0.25) is 0 Å². The zero-order chi connectivity index (χ0) is 20.3. The number of nitro benzene ring substituents is 1. The van der Waals surface area contributed by atoms with Crippen LogP contribution in [0.1, 0.15) is 0 Å². The Kier molecular flexibility index (Phi) is 5.21. The van der Waals surface area contributed by atoms with Gasteiger partial charge in [-0.1, -0.05) is 0 Å². The molecule has 10 nitrogen and oxygen atoms in total. The van der Waals surface area contributed by atoms with Gasteiger partial charge in [-0.15, -0.1) is 0 Å². The van der Waals surface area contributed by atoms with Crippen LogP contribution >= 0.6 is 0 Å². The number of non-ortho nitro benzene ring substituents is 1. The largest absolute Gasteiger partial charge is 0.497 e. The number of anilines is 1. The third-order valence-electron chi connectivity index (χ3n) is 4.02. The minimum absolute atomic E-state index is 0.0616. The summed E-state index contributed by atoms with van der Waals surface area (Å²) in [7, 11) is 2.96. The maximum atomic E-state index is 12.6. The summed E-state index contributed by atoms with van der Waals surface area (Å²) in [5, 5.41) is 13.6. The van der Waals surface area contributed by atoms with Crippen LogP contribution in [-0.2, 0) is 11.3 Å². The van der Waals surface area contributed by atoms with E-state index in [1.54, 1.807) is 18.2 Å². The standard InChI is InChI=1S/C18H16N4O6/c1-27-12-4-6-15(16(8-12)28-2)20-17(23)9-21-10-19-14-5-3-11(22(25)26)7-13(14)18(21)24/h3-8,10H,9H2,1-2H3,(H,20,23). The van der Waals surface area contributed by atoms with Crippen LogP contribution in [0, 0.1) is 10.1 Å². The molecule has 2 aromatic carbocycles. The highest BCUT2D eigenvalue weighted by Gasteiger charge is 2.14. The first-order valence-electron chi connectivity index (χ1n) is 8.08. The molecule has 1 amide bonds. The number of aromatic nitrogens is 2. The molecule has 0 radical (unpaired) electrons. The highest BCUT2D eigenvalue weighted by Crippen LogP contribution is 2.29. The van der Waals surface area contributed by atoms with E-state index in [0.29, 0.717) is 22.7 Å². The Morgan fingerprint density at radius 1 is 1.21 bits per heavy atom. The molecule has 1 N–H and O–H groups in total. The highest BCUT2D eigenvalue weighted by molar-refractivity contribution is 5.92. The Balaban J connectivity index is 1.86. The number of benzene rings is 2. The fourth-order valence-corrected chi connectivity index (χ4v) is 2.62. The molecule has 144 valence electrons. The van der Waals surface area contributed by atoms with Crippen molar-refractivity contribution in [3.63, 3.8) is 0 Å². The number of rotatable bonds is 6. The molecule has 3 aromatic rings.